The highest BCUT2D eigenvalue weighted by molar-refractivity contribution is 6.21. The normalized spacial score (nSPS) is 11.4. The lowest BCUT2D eigenvalue weighted by atomic mass is 9.85. The van der Waals surface area contributed by atoms with Crippen LogP contribution in [0.25, 0.3) is 65.7 Å². The molecule has 0 saturated carbocycles. The van der Waals surface area contributed by atoms with Gasteiger partial charge in [-0.3, -0.25) is 4.98 Å². The number of fused-ring (bicyclic) bond motifs is 3. The smallest absolute Gasteiger partial charge is 0.0303 e. The molecule has 0 saturated heterocycles. The molecule has 0 atom stereocenters. The third-order valence-electron chi connectivity index (χ3n) is 8.15. The van der Waals surface area contributed by atoms with E-state index < -0.39 is 0 Å². The predicted octanol–water partition coefficient (Wildman–Crippen LogP) is 10.8. The molecule has 192 valence electrons. The summed E-state index contributed by atoms with van der Waals surface area (Å²) in [5.74, 6) is 0. The highest BCUT2D eigenvalue weighted by atomic mass is 14.6. The molecule has 0 amide bonds. The van der Waals surface area contributed by atoms with Gasteiger partial charge in [-0.15, -0.1) is 0 Å². The number of hydrogen-bond donors (Lipinski definition) is 0. The summed E-state index contributed by atoms with van der Waals surface area (Å²) in [5, 5.41) is 7.72. The standard InChI is InChI=1S/C39H31N/c1-3-9-27-16-17-28-18-19-31(24-32(28)22-27)39-36-14-6-4-12-34(36)38(35-13-5-7-15-37(35)39)30-11-8-10-29(23-30)33-20-21-40-25-26(33)2/h4-8,10-25H,3,9H2,1-2H3. The molecule has 0 aliphatic rings. The molecule has 0 aliphatic carbocycles. The second-order valence-corrected chi connectivity index (χ2v) is 10.8. The number of aromatic nitrogens is 1. The molecule has 1 heteroatoms. The molecule has 40 heavy (non-hydrogen) atoms. The number of rotatable bonds is 5. The van der Waals surface area contributed by atoms with Gasteiger partial charge in [-0.2, -0.15) is 0 Å². The van der Waals surface area contributed by atoms with Crippen molar-refractivity contribution in [3.63, 3.8) is 0 Å². The lowest BCUT2D eigenvalue weighted by molar-refractivity contribution is 0.924. The fraction of sp³-hybridized carbons (Fsp3) is 0.103. The van der Waals surface area contributed by atoms with Crippen LogP contribution in [0.15, 0.2) is 128 Å². The minimum atomic E-state index is 1.11. The summed E-state index contributed by atoms with van der Waals surface area (Å²) in [6.45, 7) is 4.37. The first-order valence-corrected chi connectivity index (χ1v) is 14.2. The summed E-state index contributed by atoms with van der Waals surface area (Å²) in [6, 6.07) is 42.7. The van der Waals surface area contributed by atoms with Crippen LogP contribution in [0.2, 0.25) is 0 Å². The highest BCUT2D eigenvalue weighted by Crippen LogP contribution is 2.44. The van der Waals surface area contributed by atoms with Crippen molar-refractivity contribution in [1.82, 2.24) is 4.98 Å². The van der Waals surface area contributed by atoms with E-state index in [1.54, 1.807) is 0 Å². The summed E-state index contributed by atoms with van der Waals surface area (Å²) in [4.78, 5) is 4.30. The van der Waals surface area contributed by atoms with E-state index in [4.69, 9.17) is 0 Å². The Morgan fingerprint density at radius 3 is 1.82 bits per heavy atom. The molecular formula is C39H31N. The Bertz CT molecular complexity index is 1970. The monoisotopic (exact) mass is 513 g/mol. The number of nitrogens with zero attached hydrogens (tertiary/aromatic N) is 1. The van der Waals surface area contributed by atoms with E-state index in [0.717, 1.165) is 12.8 Å². The van der Waals surface area contributed by atoms with Gasteiger partial charge in [0.1, 0.15) is 0 Å². The van der Waals surface area contributed by atoms with Crippen molar-refractivity contribution in [1.29, 1.82) is 0 Å². The average molecular weight is 514 g/mol. The van der Waals surface area contributed by atoms with Crippen molar-refractivity contribution in [3.8, 4) is 33.4 Å². The van der Waals surface area contributed by atoms with Gasteiger partial charge in [-0.1, -0.05) is 110 Å². The third kappa shape index (κ3) is 4.15. The Kier molecular flexibility index (Phi) is 6.13. The molecule has 0 N–H and O–H groups in total. The zero-order valence-electron chi connectivity index (χ0n) is 23.0. The number of aryl methyl sites for hydroxylation is 2. The van der Waals surface area contributed by atoms with E-state index in [1.807, 2.05) is 12.4 Å². The van der Waals surface area contributed by atoms with E-state index >= 15 is 0 Å². The average Bonchev–Trinajstić information content (AvgIpc) is 3.00. The lowest BCUT2D eigenvalue weighted by Crippen LogP contribution is -1.92. The van der Waals surface area contributed by atoms with Gasteiger partial charge in [0, 0.05) is 12.4 Å². The van der Waals surface area contributed by atoms with Gasteiger partial charge in [0.15, 0.2) is 0 Å². The van der Waals surface area contributed by atoms with Crippen LogP contribution in [-0.2, 0) is 6.42 Å². The molecule has 0 fully saturated rings. The Morgan fingerprint density at radius 1 is 0.550 bits per heavy atom. The summed E-state index contributed by atoms with van der Waals surface area (Å²) < 4.78 is 0. The molecule has 0 bridgehead atoms. The SMILES string of the molecule is CCCc1ccc2ccc(-c3c4ccccc4c(-c4cccc(-c5ccncc5C)c4)c4ccccc34)cc2c1. The quantitative estimate of drug-likeness (QED) is 0.209. The zero-order valence-corrected chi connectivity index (χ0v) is 23.0. The Hall–Kier alpha value is -4.75. The Labute approximate surface area is 235 Å². The largest absolute Gasteiger partial charge is 0.264 e. The summed E-state index contributed by atoms with van der Waals surface area (Å²) >= 11 is 0. The van der Waals surface area contributed by atoms with Crippen molar-refractivity contribution in [2.45, 2.75) is 26.7 Å². The molecular weight excluding hydrogens is 482 g/mol. The first kappa shape index (κ1) is 24.3. The second kappa shape index (κ2) is 10.1. The van der Waals surface area contributed by atoms with E-state index in [9.17, 15) is 0 Å². The Balaban J connectivity index is 1.51. The van der Waals surface area contributed by atoms with Crippen LogP contribution in [-0.4, -0.2) is 4.98 Å². The van der Waals surface area contributed by atoms with Crippen molar-refractivity contribution in [2.24, 2.45) is 0 Å². The molecule has 0 radical (unpaired) electrons. The first-order chi connectivity index (χ1) is 19.7. The molecule has 7 aromatic rings. The molecule has 0 aliphatic heterocycles. The number of pyridine rings is 1. The minimum absolute atomic E-state index is 1.11. The maximum atomic E-state index is 4.30. The van der Waals surface area contributed by atoms with Gasteiger partial charge >= 0.3 is 0 Å². The topological polar surface area (TPSA) is 12.9 Å². The number of benzene rings is 6. The van der Waals surface area contributed by atoms with Crippen LogP contribution in [0.4, 0.5) is 0 Å². The highest BCUT2D eigenvalue weighted by Gasteiger charge is 2.17. The Morgan fingerprint density at radius 2 is 1.18 bits per heavy atom. The first-order valence-electron chi connectivity index (χ1n) is 14.2. The van der Waals surface area contributed by atoms with Gasteiger partial charge < -0.3 is 0 Å². The van der Waals surface area contributed by atoms with E-state index in [2.05, 4.69) is 134 Å². The number of hydrogen-bond acceptors (Lipinski definition) is 1. The van der Waals surface area contributed by atoms with Crippen LogP contribution in [0, 0.1) is 6.92 Å². The van der Waals surface area contributed by atoms with Crippen molar-refractivity contribution < 1.29 is 0 Å². The molecule has 0 unspecified atom stereocenters. The molecule has 7 rings (SSSR count). The lowest BCUT2D eigenvalue weighted by Gasteiger charge is -2.18. The van der Waals surface area contributed by atoms with E-state index in [-0.39, 0.29) is 0 Å². The van der Waals surface area contributed by atoms with Crippen LogP contribution in [0.1, 0.15) is 24.5 Å². The van der Waals surface area contributed by atoms with Gasteiger partial charge in [0.05, 0.1) is 0 Å². The van der Waals surface area contributed by atoms with E-state index in [1.165, 1.54) is 76.8 Å². The van der Waals surface area contributed by atoms with Crippen LogP contribution >= 0.6 is 0 Å². The van der Waals surface area contributed by atoms with E-state index in [0.29, 0.717) is 0 Å². The van der Waals surface area contributed by atoms with Gasteiger partial charge in [-0.25, -0.2) is 0 Å². The molecule has 1 aromatic heterocycles. The molecule has 1 heterocycles. The summed E-state index contributed by atoms with van der Waals surface area (Å²) in [5.41, 5.74) is 10.1. The van der Waals surface area contributed by atoms with Crippen molar-refractivity contribution in [2.75, 3.05) is 0 Å². The minimum Gasteiger partial charge on any atom is -0.264 e. The third-order valence-corrected chi connectivity index (χ3v) is 8.15. The van der Waals surface area contributed by atoms with Crippen LogP contribution in [0.5, 0.6) is 0 Å². The van der Waals surface area contributed by atoms with Crippen LogP contribution in [0.3, 0.4) is 0 Å². The summed E-state index contributed by atoms with van der Waals surface area (Å²) in [7, 11) is 0. The fourth-order valence-electron chi connectivity index (χ4n) is 6.29. The molecule has 6 aromatic carbocycles. The van der Waals surface area contributed by atoms with Crippen molar-refractivity contribution in [3.05, 3.63) is 139 Å². The fourth-order valence-corrected chi connectivity index (χ4v) is 6.29. The molecule has 0 spiro atoms. The maximum absolute atomic E-state index is 4.30. The second-order valence-electron chi connectivity index (χ2n) is 10.8. The van der Waals surface area contributed by atoms with Gasteiger partial charge in [0.25, 0.3) is 0 Å². The summed E-state index contributed by atoms with van der Waals surface area (Å²) in [6.07, 6.45) is 6.09. The predicted molar refractivity (Wildman–Crippen MR) is 172 cm³/mol. The van der Waals surface area contributed by atoms with Crippen molar-refractivity contribution >= 4 is 32.3 Å². The van der Waals surface area contributed by atoms with Gasteiger partial charge in [-0.05, 0) is 108 Å². The van der Waals surface area contributed by atoms with Crippen LogP contribution < -0.4 is 0 Å². The molecule has 1 nitrogen and oxygen atoms in total. The maximum Gasteiger partial charge on any atom is 0.0303 e. The van der Waals surface area contributed by atoms with Gasteiger partial charge in [0.2, 0.25) is 0 Å². The zero-order chi connectivity index (χ0) is 27.1.